The van der Waals surface area contributed by atoms with Gasteiger partial charge in [0.05, 0.1) is 36.3 Å². The molecule has 186 valence electrons. The molecule has 1 saturated heterocycles. The molecule has 2 aliphatic rings. The maximum Gasteiger partial charge on any atom is 0.374 e. The van der Waals surface area contributed by atoms with E-state index in [4.69, 9.17) is 13.9 Å². The van der Waals surface area contributed by atoms with Crippen LogP contribution in [0.25, 0.3) is 11.0 Å². The van der Waals surface area contributed by atoms with E-state index in [0.717, 1.165) is 22.1 Å². The van der Waals surface area contributed by atoms with Crippen molar-refractivity contribution >= 4 is 28.8 Å². The number of carbonyl (C=O) groups is 3. The highest BCUT2D eigenvalue weighted by atomic mass is 16.6. The van der Waals surface area contributed by atoms with Gasteiger partial charge in [0.15, 0.2) is 5.43 Å². The summed E-state index contributed by atoms with van der Waals surface area (Å²) in [5.74, 6) is -1.92. The second-order valence-electron chi connectivity index (χ2n) is 9.14. The molecule has 1 unspecified atom stereocenters. The van der Waals surface area contributed by atoms with Gasteiger partial charge in [-0.05, 0) is 43.2 Å². The van der Waals surface area contributed by atoms with Gasteiger partial charge in [0, 0.05) is 25.7 Å². The molecule has 0 aliphatic carbocycles. The summed E-state index contributed by atoms with van der Waals surface area (Å²) in [4.78, 5) is 54.9. The van der Waals surface area contributed by atoms with Gasteiger partial charge in [-0.15, -0.1) is 0 Å². The summed E-state index contributed by atoms with van der Waals surface area (Å²) in [6, 6.07) is 11.3. The van der Waals surface area contributed by atoms with Crippen molar-refractivity contribution in [3.8, 4) is 0 Å². The highest BCUT2D eigenvalue weighted by Crippen LogP contribution is 2.24. The van der Waals surface area contributed by atoms with E-state index in [1.54, 1.807) is 30.3 Å². The summed E-state index contributed by atoms with van der Waals surface area (Å²) >= 11 is 0. The Kier molecular flexibility index (Phi) is 6.42. The molecule has 9 nitrogen and oxygen atoms in total. The SMILES string of the molecule is Cc1cc(C)c2c(=O)cc(C(=O)OC(CN3CCOCC3)CN3C(=O)c4ccccc4C3=O)oc2c1. The van der Waals surface area contributed by atoms with E-state index in [9.17, 15) is 19.2 Å². The minimum atomic E-state index is -0.835. The molecule has 9 heteroatoms. The third-order valence-corrected chi connectivity index (χ3v) is 6.48. The second-order valence-corrected chi connectivity index (χ2v) is 9.14. The number of nitrogens with zero attached hydrogens (tertiary/aromatic N) is 2. The van der Waals surface area contributed by atoms with Gasteiger partial charge in [-0.25, -0.2) is 4.79 Å². The van der Waals surface area contributed by atoms with Crippen LogP contribution in [0.1, 0.15) is 42.4 Å². The molecule has 0 saturated carbocycles. The Hall–Kier alpha value is -3.82. The summed E-state index contributed by atoms with van der Waals surface area (Å²) in [5, 5.41) is 0.410. The number of ether oxygens (including phenoxy) is 2. The molecule has 3 aromatic rings. The summed E-state index contributed by atoms with van der Waals surface area (Å²) in [5.41, 5.74) is 2.26. The Labute approximate surface area is 207 Å². The highest BCUT2D eigenvalue weighted by Gasteiger charge is 2.38. The van der Waals surface area contributed by atoms with Gasteiger partial charge in [-0.1, -0.05) is 18.2 Å². The third kappa shape index (κ3) is 4.55. The highest BCUT2D eigenvalue weighted by molar-refractivity contribution is 6.21. The molecular weight excluding hydrogens is 464 g/mol. The Balaban J connectivity index is 1.41. The second kappa shape index (κ2) is 9.67. The Morgan fingerprint density at radius 2 is 1.64 bits per heavy atom. The van der Waals surface area contributed by atoms with Crippen LogP contribution in [0.15, 0.2) is 51.7 Å². The van der Waals surface area contributed by atoms with Crippen LogP contribution in [-0.2, 0) is 9.47 Å². The molecule has 0 bridgehead atoms. The smallest absolute Gasteiger partial charge is 0.374 e. The lowest BCUT2D eigenvalue weighted by Gasteiger charge is -2.31. The van der Waals surface area contributed by atoms with Crippen molar-refractivity contribution in [2.45, 2.75) is 20.0 Å². The number of amides is 2. The van der Waals surface area contributed by atoms with Gasteiger partial charge in [-0.3, -0.25) is 24.2 Å². The van der Waals surface area contributed by atoms with Gasteiger partial charge < -0.3 is 13.9 Å². The number of rotatable bonds is 6. The van der Waals surface area contributed by atoms with Crippen LogP contribution >= 0.6 is 0 Å². The zero-order valence-corrected chi connectivity index (χ0v) is 20.1. The molecule has 5 rings (SSSR count). The monoisotopic (exact) mass is 490 g/mol. The zero-order valence-electron chi connectivity index (χ0n) is 20.1. The summed E-state index contributed by atoms with van der Waals surface area (Å²) in [6.45, 7) is 6.17. The van der Waals surface area contributed by atoms with E-state index < -0.39 is 23.9 Å². The number of fused-ring (bicyclic) bond motifs is 2. The quantitative estimate of drug-likeness (QED) is 0.383. The molecule has 2 aromatic carbocycles. The summed E-state index contributed by atoms with van der Waals surface area (Å²) in [6.07, 6.45) is -0.835. The average molecular weight is 491 g/mol. The lowest BCUT2D eigenvalue weighted by molar-refractivity contribution is -0.0121. The van der Waals surface area contributed by atoms with Crippen molar-refractivity contribution in [2.75, 3.05) is 39.4 Å². The van der Waals surface area contributed by atoms with Crippen molar-refractivity contribution in [2.24, 2.45) is 0 Å². The van der Waals surface area contributed by atoms with Gasteiger partial charge in [0.2, 0.25) is 5.76 Å². The first-order chi connectivity index (χ1) is 17.3. The zero-order chi connectivity index (χ0) is 25.4. The number of esters is 1. The van der Waals surface area contributed by atoms with E-state index in [1.165, 1.54) is 0 Å². The lowest BCUT2D eigenvalue weighted by Crippen LogP contribution is -2.47. The molecule has 0 spiro atoms. The number of aryl methyl sites for hydroxylation is 2. The van der Waals surface area contributed by atoms with Crippen molar-refractivity contribution < 1.29 is 28.3 Å². The van der Waals surface area contributed by atoms with Crippen molar-refractivity contribution in [3.05, 3.63) is 80.7 Å². The third-order valence-electron chi connectivity index (χ3n) is 6.48. The minimum absolute atomic E-state index is 0.120. The summed E-state index contributed by atoms with van der Waals surface area (Å²) < 4.78 is 16.9. The van der Waals surface area contributed by atoms with E-state index in [2.05, 4.69) is 0 Å². The molecule has 0 radical (unpaired) electrons. The topological polar surface area (TPSA) is 106 Å². The molecule has 2 amide bonds. The normalized spacial score (nSPS) is 16.9. The average Bonchev–Trinajstić information content (AvgIpc) is 3.09. The number of benzene rings is 2. The molecule has 1 atom stereocenters. The number of hydrogen-bond acceptors (Lipinski definition) is 8. The maximum atomic E-state index is 13.1. The minimum Gasteiger partial charge on any atom is -0.453 e. The van der Waals surface area contributed by atoms with Crippen LogP contribution in [0, 0.1) is 13.8 Å². The fraction of sp³-hybridized carbons (Fsp3) is 0.333. The van der Waals surface area contributed by atoms with Gasteiger partial charge in [-0.2, -0.15) is 0 Å². The first-order valence-corrected chi connectivity index (χ1v) is 11.8. The van der Waals surface area contributed by atoms with Crippen molar-refractivity contribution in [1.82, 2.24) is 9.80 Å². The first-order valence-electron chi connectivity index (χ1n) is 11.8. The van der Waals surface area contributed by atoms with Crippen molar-refractivity contribution in [3.63, 3.8) is 0 Å². The van der Waals surface area contributed by atoms with Crippen molar-refractivity contribution in [1.29, 1.82) is 0 Å². The first kappa shape index (κ1) is 23.9. The maximum absolute atomic E-state index is 13.1. The predicted molar refractivity (Wildman–Crippen MR) is 130 cm³/mol. The van der Waals surface area contributed by atoms with Crippen LogP contribution in [0.4, 0.5) is 0 Å². The van der Waals surface area contributed by atoms with Crippen LogP contribution < -0.4 is 5.43 Å². The van der Waals surface area contributed by atoms with Gasteiger partial charge in [0.25, 0.3) is 11.8 Å². The fourth-order valence-electron chi connectivity index (χ4n) is 4.79. The number of imide groups is 1. The van der Waals surface area contributed by atoms with Gasteiger partial charge in [0.1, 0.15) is 11.7 Å². The van der Waals surface area contributed by atoms with E-state index in [1.807, 2.05) is 24.8 Å². The Morgan fingerprint density at radius 3 is 2.31 bits per heavy atom. The van der Waals surface area contributed by atoms with E-state index in [-0.39, 0.29) is 17.7 Å². The van der Waals surface area contributed by atoms with E-state index in [0.29, 0.717) is 54.9 Å². The fourth-order valence-corrected chi connectivity index (χ4v) is 4.79. The molecule has 2 aliphatic heterocycles. The standard InChI is InChI=1S/C27H26N2O7/c1-16-11-17(2)24-21(30)13-23(36-22(24)12-16)27(33)35-18(14-28-7-9-34-10-8-28)15-29-25(31)19-5-3-4-6-20(19)26(29)32/h3-6,11-13,18H,7-10,14-15H2,1-2H3. The number of morpholine rings is 1. The number of hydrogen-bond donors (Lipinski definition) is 0. The molecule has 1 fully saturated rings. The van der Waals surface area contributed by atoms with Crippen LogP contribution in [0.2, 0.25) is 0 Å². The van der Waals surface area contributed by atoms with Gasteiger partial charge >= 0.3 is 5.97 Å². The van der Waals surface area contributed by atoms with Crippen LogP contribution in [0.5, 0.6) is 0 Å². The Bertz CT molecular complexity index is 1390. The molecule has 1 aromatic heterocycles. The predicted octanol–water partition coefficient (Wildman–Crippen LogP) is 2.56. The largest absolute Gasteiger partial charge is 0.453 e. The van der Waals surface area contributed by atoms with E-state index >= 15 is 0 Å². The molecular formula is C27H26N2O7. The molecule has 0 N–H and O–H groups in total. The lowest BCUT2D eigenvalue weighted by atomic mass is 10.1. The summed E-state index contributed by atoms with van der Waals surface area (Å²) in [7, 11) is 0. The molecule has 36 heavy (non-hydrogen) atoms. The molecule has 3 heterocycles. The number of carbonyl (C=O) groups excluding carboxylic acids is 3. The Morgan fingerprint density at radius 1 is 0.972 bits per heavy atom. The van der Waals surface area contributed by atoms with Crippen LogP contribution in [0.3, 0.4) is 0 Å². The van der Waals surface area contributed by atoms with Crippen LogP contribution in [-0.4, -0.2) is 73.1 Å².